The van der Waals surface area contributed by atoms with Crippen molar-refractivity contribution in [2.75, 3.05) is 0 Å². The summed E-state index contributed by atoms with van der Waals surface area (Å²) in [6.45, 7) is 1.62. The second kappa shape index (κ2) is 8.10. The second-order valence-electron chi connectivity index (χ2n) is 6.62. The van der Waals surface area contributed by atoms with Crippen molar-refractivity contribution in [1.82, 2.24) is 10.3 Å². The summed E-state index contributed by atoms with van der Waals surface area (Å²) in [4.78, 5) is 28.6. The van der Waals surface area contributed by atoms with E-state index in [-0.39, 0.29) is 24.3 Å². The summed E-state index contributed by atoms with van der Waals surface area (Å²) in [5, 5.41) is 4.02. The Morgan fingerprint density at radius 3 is 2.76 bits per heavy atom. The van der Waals surface area contributed by atoms with Gasteiger partial charge in [-0.05, 0) is 31.9 Å². The second-order valence-corrected chi connectivity index (χ2v) is 6.62. The van der Waals surface area contributed by atoms with Crippen molar-refractivity contribution >= 4 is 22.8 Å². The number of rotatable bonds is 6. The highest BCUT2D eigenvalue weighted by atomic mass is 16.5. The topological polar surface area (TPSA) is 68.3 Å². The van der Waals surface area contributed by atoms with Crippen LogP contribution in [0.4, 0.5) is 0 Å². The van der Waals surface area contributed by atoms with Crippen molar-refractivity contribution in [3.05, 3.63) is 42.1 Å². The average Bonchev–Trinajstić information content (AvgIpc) is 3.12. The molecule has 1 unspecified atom stereocenters. The first-order valence-corrected chi connectivity index (χ1v) is 8.96. The number of amides is 1. The molecule has 1 amide bonds. The Morgan fingerprint density at radius 1 is 1.20 bits per heavy atom. The van der Waals surface area contributed by atoms with Crippen LogP contribution in [0.25, 0.3) is 10.9 Å². The molecular formula is C20H24N2O3. The molecule has 1 atom stereocenters. The third kappa shape index (κ3) is 4.78. The maximum atomic E-state index is 12.1. The average molecular weight is 340 g/mol. The third-order valence-corrected chi connectivity index (χ3v) is 4.62. The van der Waals surface area contributed by atoms with E-state index in [1.54, 1.807) is 6.92 Å². The Hall–Kier alpha value is -2.43. The number of fused-ring (bicyclic) bond motifs is 1. The number of para-hydroxylation sites is 1. The standard InChI is InChI=1S/C20H24N2O3/c1-14(20(24)22-16-7-3-4-8-16)25-19(23)13-12-17-11-10-15-6-2-5-9-18(15)21-17/h2,5-6,9-11,14,16H,3-4,7-8,12-13H2,1H3,(H,22,24). The Bertz CT molecular complexity index is 753. The van der Waals surface area contributed by atoms with Crippen LogP contribution in [-0.2, 0) is 20.7 Å². The molecule has 5 heteroatoms. The zero-order valence-corrected chi connectivity index (χ0v) is 14.5. The summed E-state index contributed by atoms with van der Waals surface area (Å²) in [7, 11) is 0. The number of nitrogens with one attached hydrogen (secondary N) is 1. The van der Waals surface area contributed by atoms with Crippen LogP contribution in [0.2, 0.25) is 0 Å². The van der Waals surface area contributed by atoms with Crippen molar-refractivity contribution in [2.45, 2.75) is 57.6 Å². The zero-order valence-electron chi connectivity index (χ0n) is 14.5. The minimum absolute atomic E-state index is 0.205. The number of carbonyl (C=O) groups is 2. The Balaban J connectivity index is 1.47. The van der Waals surface area contributed by atoms with E-state index < -0.39 is 6.10 Å². The summed E-state index contributed by atoms with van der Waals surface area (Å²) in [6.07, 6.45) is 4.29. The minimum atomic E-state index is -0.752. The number of hydrogen-bond acceptors (Lipinski definition) is 4. The van der Waals surface area contributed by atoms with E-state index in [9.17, 15) is 9.59 Å². The van der Waals surface area contributed by atoms with Crippen molar-refractivity contribution in [3.8, 4) is 0 Å². The highest BCUT2D eigenvalue weighted by molar-refractivity contribution is 5.83. The van der Waals surface area contributed by atoms with Crippen molar-refractivity contribution in [3.63, 3.8) is 0 Å². The van der Waals surface area contributed by atoms with E-state index in [4.69, 9.17) is 4.74 Å². The molecule has 1 aromatic heterocycles. The van der Waals surface area contributed by atoms with Crippen molar-refractivity contribution in [1.29, 1.82) is 0 Å². The van der Waals surface area contributed by atoms with Gasteiger partial charge in [0, 0.05) is 23.5 Å². The molecule has 1 fully saturated rings. The van der Waals surface area contributed by atoms with Gasteiger partial charge in [0.05, 0.1) is 11.9 Å². The van der Waals surface area contributed by atoms with Gasteiger partial charge < -0.3 is 10.1 Å². The molecule has 1 saturated carbocycles. The molecule has 0 bridgehead atoms. The lowest BCUT2D eigenvalue weighted by Gasteiger charge is -2.17. The van der Waals surface area contributed by atoms with Gasteiger partial charge in [-0.25, -0.2) is 0 Å². The lowest BCUT2D eigenvalue weighted by molar-refractivity contribution is -0.155. The van der Waals surface area contributed by atoms with Gasteiger partial charge in [-0.15, -0.1) is 0 Å². The predicted molar refractivity (Wildman–Crippen MR) is 96.0 cm³/mol. The van der Waals surface area contributed by atoms with E-state index >= 15 is 0 Å². The molecule has 0 radical (unpaired) electrons. The first-order valence-electron chi connectivity index (χ1n) is 8.96. The molecule has 25 heavy (non-hydrogen) atoms. The number of pyridine rings is 1. The van der Waals surface area contributed by atoms with E-state index in [1.807, 2.05) is 36.4 Å². The normalized spacial score (nSPS) is 15.9. The van der Waals surface area contributed by atoms with Gasteiger partial charge in [-0.1, -0.05) is 37.1 Å². The quantitative estimate of drug-likeness (QED) is 0.820. The molecule has 1 heterocycles. The molecule has 0 saturated heterocycles. The van der Waals surface area contributed by atoms with Gasteiger partial charge in [-0.3, -0.25) is 14.6 Å². The number of carbonyl (C=O) groups excluding carboxylic acids is 2. The Labute approximate surface area is 147 Å². The molecule has 0 aliphatic heterocycles. The van der Waals surface area contributed by atoms with Gasteiger partial charge in [0.15, 0.2) is 6.10 Å². The predicted octanol–water partition coefficient (Wildman–Crippen LogP) is 3.16. The lowest BCUT2D eigenvalue weighted by Crippen LogP contribution is -2.40. The summed E-state index contributed by atoms with van der Waals surface area (Å²) < 4.78 is 5.25. The number of nitrogens with zero attached hydrogens (tertiary/aromatic N) is 1. The SMILES string of the molecule is CC(OC(=O)CCc1ccc2ccccc2n1)C(=O)NC1CCCC1. The number of aryl methyl sites for hydroxylation is 1. The van der Waals surface area contributed by atoms with Crippen LogP contribution in [0, 0.1) is 0 Å². The van der Waals surface area contributed by atoms with Crippen molar-refractivity contribution in [2.24, 2.45) is 0 Å². The molecule has 2 aromatic rings. The summed E-state index contributed by atoms with van der Waals surface area (Å²) >= 11 is 0. The third-order valence-electron chi connectivity index (χ3n) is 4.62. The highest BCUT2D eigenvalue weighted by Gasteiger charge is 2.22. The fourth-order valence-corrected chi connectivity index (χ4v) is 3.18. The Morgan fingerprint density at radius 2 is 1.96 bits per heavy atom. The molecule has 1 aliphatic carbocycles. The molecular weight excluding hydrogens is 316 g/mol. The van der Waals surface area contributed by atoms with Crippen LogP contribution in [0.1, 0.15) is 44.7 Å². The van der Waals surface area contributed by atoms with Gasteiger partial charge >= 0.3 is 5.97 Å². The van der Waals surface area contributed by atoms with Crippen LogP contribution >= 0.6 is 0 Å². The molecule has 3 rings (SSSR count). The fourth-order valence-electron chi connectivity index (χ4n) is 3.18. The molecule has 1 N–H and O–H groups in total. The van der Waals surface area contributed by atoms with Crippen LogP contribution in [-0.4, -0.2) is 29.0 Å². The lowest BCUT2D eigenvalue weighted by atomic mass is 10.1. The zero-order chi connectivity index (χ0) is 17.6. The van der Waals surface area contributed by atoms with Crippen LogP contribution < -0.4 is 5.32 Å². The van der Waals surface area contributed by atoms with Crippen LogP contribution in [0.5, 0.6) is 0 Å². The number of hydrogen-bond donors (Lipinski definition) is 1. The first-order chi connectivity index (χ1) is 12.1. The molecule has 1 aromatic carbocycles. The number of aromatic nitrogens is 1. The molecule has 1 aliphatic rings. The van der Waals surface area contributed by atoms with E-state index in [2.05, 4.69) is 10.3 Å². The summed E-state index contributed by atoms with van der Waals surface area (Å²) in [5.41, 5.74) is 1.76. The summed E-state index contributed by atoms with van der Waals surface area (Å²) in [6, 6.07) is 12.0. The number of ether oxygens (including phenoxy) is 1. The molecule has 132 valence electrons. The van der Waals surface area contributed by atoms with E-state index in [0.29, 0.717) is 6.42 Å². The van der Waals surface area contributed by atoms with E-state index in [1.165, 1.54) is 0 Å². The number of esters is 1. The van der Waals surface area contributed by atoms with Gasteiger partial charge in [0.25, 0.3) is 5.91 Å². The van der Waals surface area contributed by atoms with Crippen LogP contribution in [0.3, 0.4) is 0 Å². The molecule has 5 nitrogen and oxygen atoms in total. The number of benzene rings is 1. The van der Waals surface area contributed by atoms with Gasteiger partial charge in [0.1, 0.15) is 0 Å². The largest absolute Gasteiger partial charge is 0.453 e. The monoisotopic (exact) mass is 340 g/mol. The summed E-state index contributed by atoms with van der Waals surface area (Å²) in [5.74, 6) is -0.576. The van der Waals surface area contributed by atoms with E-state index in [0.717, 1.165) is 42.3 Å². The van der Waals surface area contributed by atoms with Crippen molar-refractivity contribution < 1.29 is 14.3 Å². The minimum Gasteiger partial charge on any atom is -0.453 e. The smallest absolute Gasteiger partial charge is 0.306 e. The van der Waals surface area contributed by atoms with Gasteiger partial charge in [-0.2, -0.15) is 0 Å². The van der Waals surface area contributed by atoms with Gasteiger partial charge in [0.2, 0.25) is 0 Å². The molecule has 0 spiro atoms. The maximum Gasteiger partial charge on any atom is 0.306 e. The maximum absolute atomic E-state index is 12.1. The van der Waals surface area contributed by atoms with Crippen LogP contribution in [0.15, 0.2) is 36.4 Å². The fraction of sp³-hybridized carbons (Fsp3) is 0.450. The highest BCUT2D eigenvalue weighted by Crippen LogP contribution is 2.18. The first kappa shape index (κ1) is 17.4. The Kier molecular flexibility index (Phi) is 5.64.